The van der Waals surface area contributed by atoms with E-state index in [-0.39, 0.29) is 17.7 Å². The summed E-state index contributed by atoms with van der Waals surface area (Å²) in [5.41, 5.74) is 0.0991. The van der Waals surface area contributed by atoms with Crippen molar-refractivity contribution in [3.05, 3.63) is 30.3 Å². The largest absolute Gasteiger partial charge is 0.462 e. The van der Waals surface area contributed by atoms with Crippen molar-refractivity contribution in [1.82, 2.24) is 5.09 Å². The fourth-order valence-electron chi connectivity index (χ4n) is 1.58. The molecule has 1 N–H and O–H groups in total. The molecule has 1 rings (SSSR count). The zero-order valence-corrected chi connectivity index (χ0v) is 14.9. The topological polar surface area (TPSA) is 47.6 Å². The first-order valence-electron chi connectivity index (χ1n) is 7.07. The van der Waals surface area contributed by atoms with Crippen molar-refractivity contribution in [3.8, 4) is 5.75 Å². The number of hydrogen-bond donors (Lipinski definition) is 1. The van der Waals surface area contributed by atoms with Crippen LogP contribution in [0.5, 0.6) is 5.75 Å². The summed E-state index contributed by atoms with van der Waals surface area (Å²) in [5, 5.41) is 3.18. The van der Waals surface area contributed by atoms with Crippen molar-refractivity contribution in [2.75, 3.05) is 0 Å². The Labute approximate surface area is 132 Å². The lowest BCUT2D eigenvalue weighted by atomic mass is 10.3. The maximum absolute atomic E-state index is 11.9. The molecule has 0 aromatic heterocycles. The van der Waals surface area contributed by atoms with Gasteiger partial charge in [0.2, 0.25) is 0 Å². The molecular formula is C15H24NO3PS. The van der Waals surface area contributed by atoms with E-state index in [1.807, 2.05) is 58.0 Å². The first kappa shape index (κ1) is 18.1. The second-order valence-corrected chi connectivity index (χ2v) is 9.73. The van der Waals surface area contributed by atoms with Gasteiger partial charge in [-0.1, -0.05) is 32.0 Å². The van der Waals surface area contributed by atoms with Crippen LogP contribution in [0, 0.1) is 0 Å². The zero-order valence-electron chi connectivity index (χ0n) is 13.2. The van der Waals surface area contributed by atoms with E-state index in [2.05, 4.69) is 5.09 Å². The normalized spacial score (nSPS) is 15.6. The summed E-state index contributed by atoms with van der Waals surface area (Å²) in [4.78, 5) is 11.9. The molecule has 0 spiro atoms. The standard InChI is InChI=1S/C15H24NO3PS/c1-11(2)18-15(17)13(5)16-20(21,12(3)4)19-14-9-7-6-8-10-14/h6-13H,1-5H3,(H,16,21)/t13-,20-/m1/s1. The Morgan fingerprint density at radius 1 is 1.14 bits per heavy atom. The number of carbonyl (C=O) groups is 1. The van der Waals surface area contributed by atoms with Crippen molar-refractivity contribution in [2.24, 2.45) is 0 Å². The fourth-order valence-corrected chi connectivity index (χ4v) is 3.95. The minimum absolute atomic E-state index is 0.0991. The summed E-state index contributed by atoms with van der Waals surface area (Å²) >= 11 is 5.69. The predicted octanol–water partition coefficient (Wildman–Crippen LogP) is 3.71. The van der Waals surface area contributed by atoms with Crippen molar-refractivity contribution >= 4 is 24.2 Å². The lowest BCUT2D eigenvalue weighted by Gasteiger charge is -2.30. The second kappa shape index (κ2) is 7.92. The van der Waals surface area contributed by atoms with E-state index < -0.39 is 12.5 Å². The number of rotatable bonds is 7. The third-order valence-electron chi connectivity index (χ3n) is 2.74. The maximum atomic E-state index is 11.9. The van der Waals surface area contributed by atoms with Crippen LogP contribution in [0.3, 0.4) is 0 Å². The lowest BCUT2D eigenvalue weighted by molar-refractivity contribution is -0.148. The molecule has 21 heavy (non-hydrogen) atoms. The molecule has 0 fully saturated rings. The minimum Gasteiger partial charge on any atom is -0.462 e. The average Bonchev–Trinajstić information content (AvgIpc) is 2.38. The molecule has 2 atom stereocenters. The Kier molecular flexibility index (Phi) is 6.85. The van der Waals surface area contributed by atoms with Gasteiger partial charge < -0.3 is 9.26 Å². The van der Waals surface area contributed by atoms with Gasteiger partial charge >= 0.3 is 5.97 Å². The van der Waals surface area contributed by atoms with Gasteiger partial charge in [-0.05, 0) is 44.7 Å². The first-order valence-corrected chi connectivity index (χ1v) is 9.86. The van der Waals surface area contributed by atoms with Crippen LogP contribution in [0.25, 0.3) is 0 Å². The molecule has 0 heterocycles. The number of nitrogens with one attached hydrogen (secondary N) is 1. The Balaban J connectivity index is 2.81. The summed E-state index contributed by atoms with van der Waals surface area (Å²) < 4.78 is 11.2. The molecule has 0 unspecified atom stereocenters. The molecule has 0 radical (unpaired) electrons. The van der Waals surface area contributed by atoms with E-state index in [9.17, 15) is 4.79 Å². The van der Waals surface area contributed by atoms with Crippen molar-refractivity contribution in [3.63, 3.8) is 0 Å². The van der Waals surface area contributed by atoms with Crippen LogP contribution in [-0.2, 0) is 21.3 Å². The third-order valence-corrected chi connectivity index (χ3v) is 7.14. The molecule has 0 aliphatic rings. The van der Waals surface area contributed by atoms with Crippen molar-refractivity contribution in [1.29, 1.82) is 0 Å². The van der Waals surface area contributed by atoms with Gasteiger partial charge in [0.1, 0.15) is 11.8 Å². The van der Waals surface area contributed by atoms with Gasteiger partial charge in [0.15, 0.2) is 6.42 Å². The summed E-state index contributed by atoms with van der Waals surface area (Å²) in [6, 6.07) is 8.94. The van der Waals surface area contributed by atoms with Crippen LogP contribution in [0.2, 0.25) is 0 Å². The number of hydrogen-bond acceptors (Lipinski definition) is 4. The van der Waals surface area contributed by atoms with Gasteiger partial charge in [0.25, 0.3) is 0 Å². The zero-order chi connectivity index (χ0) is 16.0. The molecule has 1 aromatic carbocycles. The predicted molar refractivity (Wildman–Crippen MR) is 90.3 cm³/mol. The molecule has 0 aliphatic carbocycles. The number of carbonyl (C=O) groups excluding carboxylic acids is 1. The summed E-state index contributed by atoms with van der Waals surface area (Å²) in [5.74, 6) is 0.406. The van der Waals surface area contributed by atoms with Gasteiger partial charge in [-0.2, -0.15) is 0 Å². The van der Waals surface area contributed by atoms with Gasteiger partial charge in [-0.15, -0.1) is 0 Å². The molecule has 6 heteroatoms. The van der Waals surface area contributed by atoms with Crippen LogP contribution >= 0.6 is 6.42 Å². The Morgan fingerprint density at radius 3 is 2.19 bits per heavy atom. The highest BCUT2D eigenvalue weighted by Crippen LogP contribution is 2.48. The molecule has 0 saturated heterocycles. The highest BCUT2D eigenvalue weighted by molar-refractivity contribution is 8.11. The van der Waals surface area contributed by atoms with E-state index >= 15 is 0 Å². The quantitative estimate of drug-likeness (QED) is 0.610. The molecular weight excluding hydrogens is 305 g/mol. The van der Waals surface area contributed by atoms with E-state index in [1.54, 1.807) is 6.92 Å². The molecule has 118 valence electrons. The van der Waals surface area contributed by atoms with Gasteiger partial charge in [-0.25, -0.2) is 5.09 Å². The van der Waals surface area contributed by atoms with Crippen LogP contribution in [-0.4, -0.2) is 23.8 Å². The van der Waals surface area contributed by atoms with Crippen molar-refractivity contribution in [2.45, 2.75) is 52.4 Å². The Morgan fingerprint density at radius 2 is 1.71 bits per heavy atom. The van der Waals surface area contributed by atoms with Crippen LogP contribution in [0.1, 0.15) is 34.6 Å². The van der Waals surface area contributed by atoms with Crippen LogP contribution < -0.4 is 9.61 Å². The Bertz CT molecular complexity index is 505. The maximum Gasteiger partial charge on any atom is 0.323 e. The molecule has 0 bridgehead atoms. The number of ether oxygens (including phenoxy) is 1. The summed E-state index contributed by atoms with van der Waals surface area (Å²) in [7, 11) is 0. The number of benzene rings is 1. The Hall–Kier alpha value is -0.900. The van der Waals surface area contributed by atoms with Crippen molar-refractivity contribution < 1.29 is 14.1 Å². The van der Waals surface area contributed by atoms with E-state index in [4.69, 9.17) is 21.1 Å². The molecule has 0 saturated carbocycles. The van der Waals surface area contributed by atoms with E-state index in [0.29, 0.717) is 5.75 Å². The summed E-state index contributed by atoms with van der Waals surface area (Å²) in [6.45, 7) is 9.39. The highest BCUT2D eigenvalue weighted by atomic mass is 32.4. The number of para-hydroxylation sites is 1. The monoisotopic (exact) mass is 329 g/mol. The van der Waals surface area contributed by atoms with E-state index in [1.165, 1.54) is 0 Å². The second-order valence-electron chi connectivity index (χ2n) is 5.43. The highest BCUT2D eigenvalue weighted by Gasteiger charge is 2.29. The van der Waals surface area contributed by atoms with E-state index in [0.717, 1.165) is 0 Å². The van der Waals surface area contributed by atoms with Gasteiger partial charge in [0, 0.05) is 5.66 Å². The van der Waals surface area contributed by atoms with Gasteiger partial charge in [-0.3, -0.25) is 4.79 Å². The van der Waals surface area contributed by atoms with Crippen LogP contribution in [0.4, 0.5) is 0 Å². The molecule has 4 nitrogen and oxygen atoms in total. The lowest BCUT2D eigenvalue weighted by Crippen LogP contribution is -2.37. The minimum atomic E-state index is -2.38. The molecule has 0 amide bonds. The fraction of sp³-hybridized carbons (Fsp3) is 0.533. The van der Waals surface area contributed by atoms with Crippen LogP contribution in [0.15, 0.2) is 30.3 Å². The molecule has 0 aliphatic heterocycles. The smallest absolute Gasteiger partial charge is 0.323 e. The SMILES string of the molecule is CC(C)OC(=O)[C@@H](C)N[P@@](=S)(Oc1ccccc1)C(C)C. The summed E-state index contributed by atoms with van der Waals surface area (Å²) in [6.07, 6.45) is -2.53. The number of esters is 1. The third kappa shape index (κ3) is 5.77. The average molecular weight is 329 g/mol. The van der Waals surface area contributed by atoms with Gasteiger partial charge in [0.05, 0.1) is 6.10 Å². The first-order chi connectivity index (χ1) is 9.74. The molecule has 1 aromatic rings.